The Bertz CT molecular complexity index is 380. The summed E-state index contributed by atoms with van der Waals surface area (Å²) in [5, 5.41) is 9.92. The minimum Gasteiger partial charge on any atom is -0.453 e. The number of benzene rings is 1. The Morgan fingerprint density at radius 1 is 1.47 bits per heavy atom. The van der Waals surface area contributed by atoms with E-state index in [2.05, 4.69) is 0 Å². The van der Waals surface area contributed by atoms with Crippen LogP contribution in [-0.2, 0) is 11.2 Å². The van der Waals surface area contributed by atoms with Crippen LogP contribution in [0.2, 0.25) is 0 Å². The third-order valence-corrected chi connectivity index (χ3v) is 3.21. The van der Waals surface area contributed by atoms with Crippen LogP contribution in [0.5, 0.6) is 0 Å². The van der Waals surface area contributed by atoms with Gasteiger partial charge in [0.2, 0.25) is 0 Å². The van der Waals surface area contributed by atoms with E-state index in [4.69, 9.17) is 4.74 Å². The van der Waals surface area contributed by atoms with E-state index in [9.17, 15) is 9.90 Å². The molecule has 0 saturated carbocycles. The third-order valence-electron chi connectivity index (χ3n) is 3.21. The van der Waals surface area contributed by atoms with E-state index in [0.717, 1.165) is 5.56 Å². The summed E-state index contributed by atoms with van der Waals surface area (Å²) in [4.78, 5) is 13.2. The lowest BCUT2D eigenvalue weighted by Crippen LogP contribution is -2.41. The van der Waals surface area contributed by atoms with Crippen LogP contribution < -0.4 is 0 Å². The van der Waals surface area contributed by atoms with Gasteiger partial charge in [0.05, 0.1) is 19.3 Å². The molecular weight excluding hydrogens is 218 g/mol. The maximum absolute atomic E-state index is 11.6. The van der Waals surface area contributed by atoms with Crippen molar-refractivity contribution in [2.75, 3.05) is 13.7 Å². The lowest BCUT2D eigenvalue weighted by molar-refractivity contribution is 0.0888. The topological polar surface area (TPSA) is 49.8 Å². The molecule has 2 rings (SSSR count). The highest BCUT2D eigenvalue weighted by molar-refractivity contribution is 5.68. The van der Waals surface area contributed by atoms with E-state index in [0.29, 0.717) is 19.4 Å². The molecule has 1 saturated heterocycles. The van der Waals surface area contributed by atoms with Crippen LogP contribution in [0.4, 0.5) is 4.79 Å². The SMILES string of the molecule is COC(=O)N1CC[C@H](O)[C@@H]1Cc1ccccc1. The van der Waals surface area contributed by atoms with Crippen molar-refractivity contribution in [1.82, 2.24) is 4.90 Å². The monoisotopic (exact) mass is 235 g/mol. The third kappa shape index (κ3) is 2.58. The van der Waals surface area contributed by atoms with Gasteiger partial charge in [-0.05, 0) is 18.4 Å². The number of rotatable bonds is 2. The summed E-state index contributed by atoms with van der Waals surface area (Å²) in [6.45, 7) is 0.561. The van der Waals surface area contributed by atoms with Crippen molar-refractivity contribution in [3.05, 3.63) is 35.9 Å². The van der Waals surface area contributed by atoms with Crippen LogP contribution in [0.15, 0.2) is 30.3 Å². The number of methoxy groups -OCH3 is 1. The molecule has 1 N–H and O–H groups in total. The van der Waals surface area contributed by atoms with Crippen molar-refractivity contribution in [2.24, 2.45) is 0 Å². The number of hydrogen-bond donors (Lipinski definition) is 1. The Morgan fingerprint density at radius 2 is 2.18 bits per heavy atom. The normalized spacial score (nSPS) is 23.8. The number of nitrogens with zero attached hydrogens (tertiary/aromatic N) is 1. The van der Waals surface area contributed by atoms with Gasteiger partial charge in [-0.15, -0.1) is 0 Å². The molecule has 4 nitrogen and oxygen atoms in total. The van der Waals surface area contributed by atoms with Crippen molar-refractivity contribution < 1.29 is 14.6 Å². The molecule has 92 valence electrons. The number of carbonyl (C=O) groups is 1. The number of amides is 1. The summed E-state index contributed by atoms with van der Waals surface area (Å²) >= 11 is 0. The first-order valence-electron chi connectivity index (χ1n) is 5.79. The Balaban J connectivity index is 2.09. The maximum atomic E-state index is 11.6. The summed E-state index contributed by atoms with van der Waals surface area (Å²) < 4.78 is 4.73. The number of carbonyl (C=O) groups excluding carboxylic acids is 1. The first-order valence-corrected chi connectivity index (χ1v) is 5.79. The quantitative estimate of drug-likeness (QED) is 0.843. The Morgan fingerprint density at radius 3 is 2.82 bits per heavy atom. The lowest BCUT2D eigenvalue weighted by Gasteiger charge is -2.25. The molecule has 1 aromatic carbocycles. The predicted octanol–water partition coefficient (Wildman–Crippen LogP) is 1.43. The van der Waals surface area contributed by atoms with E-state index >= 15 is 0 Å². The van der Waals surface area contributed by atoms with E-state index in [-0.39, 0.29) is 12.1 Å². The number of ether oxygens (including phenoxy) is 1. The average Bonchev–Trinajstić information content (AvgIpc) is 2.72. The molecule has 0 spiro atoms. The standard InChI is InChI=1S/C13H17NO3/c1-17-13(16)14-8-7-12(15)11(14)9-10-5-3-2-4-6-10/h2-6,11-12,15H,7-9H2,1H3/t11-,12-/m0/s1. The summed E-state index contributed by atoms with van der Waals surface area (Å²) in [6, 6.07) is 9.69. The second-order valence-corrected chi connectivity index (χ2v) is 4.28. The summed E-state index contributed by atoms with van der Waals surface area (Å²) in [7, 11) is 1.37. The summed E-state index contributed by atoms with van der Waals surface area (Å²) in [5.41, 5.74) is 1.12. The molecule has 17 heavy (non-hydrogen) atoms. The largest absolute Gasteiger partial charge is 0.453 e. The fraction of sp³-hybridized carbons (Fsp3) is 0.462. The zero-order valence-corrected chi connectivity index (χ0v) is 9.87. The Labute approximate surface area is 101 Å². The van der Waals surface area contributed by atoms with Crippen molar-refractivity contribution in [2.45, 2.75) is 25.0 Å². The Hall–Kier alpha value is -1.55. The van der Waals surface area contributed by atoms with Gasteiger partial charge in [0.15, 0.2) is 0 Å². The fourth-order valence-electron chi connectivity index (χ4n) is 2.28. The number of likely N-dealkylation sites (tertiary alicyclic amines) is 1. The zero-order chi connectivity index (χ0) is 12.3. The minimum absolute atomic E-state index is 0.176. The van der Waals surface area contributed by atoms with Gasteiger partial charge in [-0.25, -0.2) is 4.79 Å². The van der Waals surface area contributed by atoms with Crippen molar-refractivity contribution in [1.29, 1.82) is 0 Å². The molecule has 1 aromatic rings. The van der Waals surface area contributed by atoms with Crippen molar-refractivity contribution in [3.63, 3.8) is 0 Å². The molecule has 1 fully saturated rings. The van der Waals surface area contributed by atoms with Crippen LogP contribution in [-0.4, -0.2) is 41.9 Å². The van der Waals surface area contributed by atoms with Crippen molar-refractivity contribution in [3.8, 4) is 0 Å². The van der Waals surface area contributed by atoms with E-state index in [1.165, 1.54) is 7.11 Å². The lowest BCUT2D eigenvalue weighted by atomic mass is 10.0. The summed E-state index contributed by atoms with van der Waals surface area (Å²) in [6.07, 6.45) is 0.459. The van der Waals surface area contributed by atoms with Gasteiger partial charge in [0.1, 0.15) is 0 Å². The zero-order valence-electron chi connectivity index (χ0n) is 9.87. The molecule has 1 amide bonds. The molecule has 1 aliphatic heterocycles. The molecule has 0 aliphatic carbocycles. The highest BCUT2D eigenvalue weighted by Crippen LogP contribution is 2.22. The molecule has 1 heterocycles. The first kappa shape index (κ1) is 11.9. The highest BCUT2D eigenvalue weighted by Gasteiger charge is 2.36. The van der Waals surface area contributed by atoms with Crippen LogP contribution >= 0.6 is 0 Å². The molecule has 0 aromatic heterocycles. The second-order valence-electron chi connectivity index (χ2n) is 4.28. The number of aliphatic hydroxyl groups is 1. The maximum Gasteiger partial charge on any atom is 0.409 e. The Kier molecular flexibility index (Phi) is 3.64. The molecule has 1 aliphatic rings. The predicted molar refractivity (Wildman–Crippen MR) is 63.7 cm³/mol. The first-order chi connectivity index (χ1) is 8.22. The molecule has 4 heteroatoms. The van der Waals surface area contributed by atoms with Crippen molar-refractivity contribution >= 4 is 6.09 Å². The number of hydrogen-bond acceptors (Lipinski definition) is 3. The number of aliphatic hydroxyl groups excluding tert-OH is 1. The second kappa shape index (κ2) is 5.19. The van der Waals surface area contributed by atoms with Gasteiger partial charge in [-0.3, -0.25) is 0 Å². The van der Waals surface area contributed by atoms with Gasteiger partial charge in [0.25, 0.3) is 0 Å². The van der Waals surface area contributed by atoms with Crippen LogP contribution in [0.1, 0.15) is 12.0 Å². The van der Waals surface area contributed by atoms with E-state index < -0.39 is 6.10 Å². The molecular formula is C13H17NO3. The molecule has 2 atom stereocenters. The van der Waals surface area contributed by atoms with E-state index in [1.807, 2.05) is 30.3 Å². The molecule has 0 bridgehead atoms. The van der Waals surface area contributed by atoms with Gasteiger partial charge in [0, 0.05) is 6.54 Å². The molecule has 0 radical (unpaired) electrons. The van der Waals surface area contributed by atoms with Gasteiger partial charge in [-0.2, -0.15) is 0 Å². The average molecular weight is 235 g/mol. The minimum atomic E-state index is -0.464. The summed E-state index contributed by atoms with van der Waals surface area (Å²) in [5.74, 6) is 0. The van der Waals surface area contributed by atoms with Crippen LogP contribution in [0.3, 0.4) is 0 Å². The van der Waals surface area contributed by atoms with Crippen LogP contribution in [0.25, 0.3) is 0 Å². The smallest absolute Gasteiger partial charge is 0.409 e. The van der Waals surface area contributed by atoms with Crippen LogP contribution in [0, 0.1) is 0 Å². The van der Waals surface area contributed by atoms with Gasteiger partial charge < -0.3 is 14.7 Å². The van der Waals surface area contributed by atoms with E-state index in [1.54, 1.807) is 4.90 Å². The fourth-order valence-corrected chi connectivity index (χ4v) is 2.28. The van der Waals surface area contributed by atoms with Gasteiger partial charge in [-0.1, -0.05) is 30.3 Å². The van der Waals surface area contributed by atoms with Gasteiger partial charge >= 0.3 is 6.09 Å². The molecule has 0 unspecified atom stereocenters. The highest BCUT2D eigenvalue weighted by atomic mass is 16.5.